The monoisotopic (exact) mass is 325 g/mol. The lowest BCUT2D eigenvalue weighted by Crippen LogP contribution is -2.12. The molecule has 0 aliphatic heterocycles. The van der Waals surface area contributed by atoms with Gasteiger partial charge in [0, 0.05) is 16.8 Å². The highest BCUT2D eigenvalue weighted by molar-refractivity contribution is 6.30. The van der Waals surface area contributed by atoms with Gasteiger partial charge >= 0.3 is 0 Å². The Balaban J connectivity index is 1.64. The summed E-state index contributed by atoms with van der Waals surface area (Å²) < 4.78 is 0. The first-order chi connectivity index (χ1) is 11.3. The number of allylic oxidation sites excluding steroid dienone is 2. The second-order valence-electron chi connectivity index (χ2n) is 6.43. The molecule has 1 heterocycles. The third-order valence-electron chi connectivity index (χ3n) is 4.81. The zero-order valence-electron chi connectivity index (χ0n) is 13.7. The van der Waals surface area contributed by atoms with Gasteiger partial charge in [-0.3, -0.25) is 4.98 Å². The van der Waals surface area contributed by atoms with Gasteiger partial charge in [-0.2, -0.15) is 0 Å². The third-order valence-corrected chi connectivity index (χ3v) is 5.07. The van der Waals surface area contributed by atoms with E-state index in [1.165, 1.54) is 31.2 Å². The number of pyridine rings is 1. The first kappa shape index (κ1) is 16.3. The zero-order valence-corrected chi connectivity index (χ0v) is 14.5. The smallest absolute Gasteiger partial charge is 0.0702 e. The van der Waals surface area contributed by atoms with Crippen LogP contribution in [0.5, 0.6) is 0 Å². The summed E-state index contributed by atoms with van der Waals surface area (Å²) in [5.41, 5.74) is 3.53. The molecular formula is C21H24ClN. The van der Waals surface area contributed by atoms with Crippen molar-refractivity contribution < 1.29 is 0 Å². The summed E-state index contributed by atoms with van der Waals surface area (Å²) in [6, 6.07) is 12.3. The Hall–Kier alpha value is -1.60. The number of aromatic nitrogens is 1. The van der Waals surface area contributed by atoms with Gasteiger partial charge in [0.05, 0.1) is 5.69 Å². The molecule has 0 radical (unpaired) electrons. The second-order valence-corrected chi connectivity index (χ2v) is 6.87. The van der Waals surface area contributed by atoms with Crippen LogP contribution >= 0.6 is 11.6 Å². The van der Waals surface area contributed by atoms with Gasteiger partial charge in [0.1, 0.15) is 0 Å². The zero-order chi connectivity index (χ0) is 16.1. The van der Waals surface area contributed by atoms with Crippen molar-refractivity contribution in [2.45, 2.75) is 44.9 Å². The topological polar surface area (TPSA) is 12.9 Å². The molecule has 2 heteroatoms. The standard InChI is InChI=1S/C21H24ClN/c1-2-3-4-16-5-7-17(8-6-16)19-11-14-21(23-15-19)18-9-12-20(22)13-10-18/h3-4,9-17H,2,5-8H2,1H3/t16-,17-. The SMILES string of the molecule is CCC=C[C@H]1CC[C@H](c2ccc(-c3ccc(Cl)cc3)nc2)CC1. The summed E-state index contributed by atoms with van der Waals surface area (Å²) in [6.45, 7) is 2.20. The fraction of sp³-hybridized carbons (Fsp3) is 0.381. The van der Waals surface area contributed by atoms with Crippen molar-refractivity contribution in [3.63, 3.8) is 0 Å². The molecule has 1 saturated carbocycles. The van der Waals surface area contributed by atoms with Gasteiger partial charge in [0.15, 0.2) is 0 Å². The minimum absolute atomic E-state index is 0.674. The molecule has 1 nitrogen and oxygen atoms in total. The van der Waals surface area contributed by atoms with Crippen LogP contribution in [0, 0.1) is 5.92 Å². The van der Waals surface area contributed by atoms with Crippen LogP contribution in [-0.2, 0) is 0 Å². The molecule has 0 atom stereocenters. The Morgan fingerprint density at radius 1 is 1.04 bits per heavy atom. The van der Waals surface area contributed by atoms with Gasteiger partial charge in [-0.05, 0) is 67.7 Å². The van der Waals surface area contributed by atoms with Crippen molar-refractivity contribution in [3.05, 3.63) is 65.3 Å². The van der Waals surface area contributed by atoms with E-state index < -0.39 is 0 Å². The molecule has 0 spiro atoms. The molecule has 1 aromatic heterocycles. The van der Waals surface area contributed by atoms with E-state index in [1.807, 2.05) is 24.3 Å². The summed E-state index contributed by atoms with van der Waals surface area (Å²) in [6.07, 6.45) is 13.1. The Morgan fingerprint density at radius 3 is 2.39 bits per heavy atom. The molecule has 0 unspecified atom stereocenters. The Morgan fingerprint density at radius 2 is 1.78 bits per heavy atom. The van der Waals surface area contributed by atoms with E-state index in [9.17, 15) is 0 Å². The van der Waals surface area contributed by atoms with Gasteiger partial charge in [0.2, 0.25) is 0 Å². The van der Waals surface area contributed by atoms with Crippen molar-refractivity contribution in [2.75, 3.05) is 0 Å². The number of benzene rings is 1. The molecule has 1 aromatic carbocycles. The van der Waals surface area contributed by atoms with Crippen molar-refractivity contribution in [2.24, 2.45) is 5.92 Å². The van der Waals surface area contributed by atoms with Crippen LogP contribution in [0.25, 0.3) is 11.3 Å². The lowest BCUT2D eigenvalue weighted by molar-refractivity contribution is 0.375. The predicted molar refractivity (Wildman–Crippen MR) is 98.8 cm³/mol. The van der Waals surface area contributed by atoms with Crippen LogP contribution < -0.4 is 0 Å². The number of rotatable bonds is 4. The number of nitrogens with zero attached hydrogens (tertiary/aromatic N) is 1. The maximum Gasteiger partial charge on any atom is 0.0702 e. The summed E-state index contributed by atoms with van der Waals surface area (Å²) in [5, 5.41) is 0.763. The fourth-order valence-corrected chi connectivity index (χ4v) is 3.54. The Kier molecular flexibility index (Phi) is 5.51. The van der Waals surface area contributed by atoms with Crippen molar-refractivity contribution in [3.8, 4) is 11.3 Å². The molecule has 0 bridgehead atoms. The van der Waals surface area contributed by atoms with Crippen LogP contribution in [0.15, 0.2) is 54.7 Å². The number of halogens is 1. The first-order valence-electron chi connectivity index (χ1n) is 8.65. The van der Waals surface area contributed by atoms with E-state index in [4.69, 9.17) is 11.6 Å². The van der Waals surface area contributed by atoms with Gasteiger partial charge in [-0.15, -0.1) is 0 Å². The molecule has 2 aromatic rings. The highest BCUT2D eigenvalue weighted by atomic mass is 35.5. The molecule has 1 aliphatic rings. The quantitative estimate of drug-likeness (QED) is 0.574. The molecule has 23 heavy (non-hydrogen) atoms. The van der Waals surface area contributed by atoms with Crippen LogP contribution in [-0.4, -0.2) is 4.98 Å². The molecule has 0 N–H and O–H groups in total. The van der Waals surface area contributed by atoms with E-state index in [2.05, 4.69) is 42.4 Å². The van der Waals surface area contributed by atoms with Crippen LogP contribution in [0.1, 0.15) is 50.5 Å². The van der Waals surface area contributed by atoms with Crippen LogP contribution in [0.3, 0.4) is 0 Å². The molecule has 1 fully saturated rings. The predicted octanol–water partition coefficient (Wildman–Crippen LogP) is 6.64. The fourth-order valence-electron chi connectivity index (χ4n) is 3.41. The molecule has 0 saturated heterocycles. The number of hydrogen-bond donors (Lipinski definition) is 0. The van der Waals surface area contributed by atoms with E-state index in [0.717, 1.165) is 28.6 Å². The highest BCUT2D eigenvalue weighted by Crippen LogP contribution is 2.36. The summed E-state index contributed by atoms with van der Waals surface area (Å²) >= 11 is 5.94. The third kappa shape index (κ3) is 4.23. The largest absolute Gasteiger partial charge is 0.256 e. The van der Waals surface area contributed by atoms with Crippen molar-refractivity contribution >= 4 is 11.6 Å². The minimum atomic E-state index is 0.674. The first-order valence-corrected chi connectivity index (χ1v) is 9.02. The van der Waals surface area contributed by atoms with Gasteiger partial charge < -0.3 is 0 Å². The minimum Gasteiger partial charge on any atom is -0.256 e. The van der Waals surface area contributed by atoms with Gasteiger partial charge in [0.25, 0.3) is 0 Å². The van der Waals surface area contributed by atoms with E-state index in [-0.39, 0.29) is 0 Å². The average Bonchev–Trinajstić information content (AvgIpc) is 2.61. The summed E-state index contributed by atoms with van der Waals surface area (Å²) in [5.74, 6) is 1.46. The van der Waals surface area contributed by atoms with Gasteiger partial charge in [-0.1, -0.05) is 48.9 Å². The molecule has 0 amide bonds. The molecular weight excluding hydrogens is 302 g/mol. The maximum atomic E-state index is 5.94. The summed E-state index contributed by atoms with van der Waals surface area (Å²) in [4.78, 5) is 4.67. The number of hydrogen-bond acceptors (Lipinski definition) is 1. The van der Waals surface area contributed by atoms with E-state index >= 15 is 0 Å². The van der Waals surface area contributed by atoms with Crippen LogP contribution in [0.4, 0.5) is 0 Å². The van der Waals surface area contributed by atoms with Crippen LogP contribution in [0.2, 0.25) is 5.02 Å². The van der Waals surface area contributed by atoms with Crippen molar-refractivity contribution in [1.82, 2.24) is 4.98 Å². The Labute approximate surface area is 144 Å². The highest BCUT2D eigenvalue weighted by Gasteiger charge is 2.21. The summed E-state index contributed by atoms with van der Waals surface area (Å²) in [7, 11) is 0. The van der Waals surface area contributed by atoms with E-state index in [0.29, 0.717) is 5.92 Å². The lowest BCUT2D eigenvalue weighted by Gasteiger charge is -2.27. The van der Waals surface area contributed by atoms with E-state index in [1.54, 1.807) is 0 Å². The van der Waals surface area contributed by atoms with Crippen molar-refractivity contribution in [1.29, 1.82) is 0 Å². The van der Waals surface area contributed by atoms with Gasteiger partial charge in [-0.25, -0.2) is 0 Å². The lowest BCUT2D eigenvalue weighted by atomic mass is 9.79. The average molecular weight is 326 g/mol. The molecule has 3 rings (SSSR count). The second kappa shape index (κ2) is 7.79. The maximum absolute atomic E-state index is 5.94. The normalized spacial score (nSPS) is 21.7. The molecule has 120 valence electrons. The Bertz CT molecular complexity index is 635. The molecule has 1 aliphatic carbocycles.